The Morgan fingerprint density at radius 3 is 3.06 bits per heavy atom. The molecule has 18 heavy (non-hydrogen) atoms. The van der Waals surface area contributed by atoms with Crippen molar-refractivity contribution in [2.75, 3.05) is 24.5 Å². The van der Waals surface area contributed by atoms with E-state index in [2.05, 4.69) is 22.1 Å². The van der Waals surface area contributed by atoms with Gasteiger partial charge in [-0.1, -0.05) is 0 Å². The van der Waals surface area contributed by atoms with Gasteiger partial charge in [-0.05, 0) is 25.7 Å². The highest BCUT2D eigenvalue weighted by Crippen LogP contribution is 2.33. The van der Waals surface area contributed by atoms with Crippen LogP contribution in [0.2, 0.25) is 0 Å². The van der Waals surface area contributed by atoms with Crippen LogP contribution in [0.5, 0.6) is 0 Å². The number of aromatic nitrogens is 2. The Bertz CT molecular complexity index is 498. The molecular formula is C13H20N4O. The first-order chi connectivity index (χ1) is 8.72. The highest BCUT2D eigenvalue weighted by molar-refractivity contribution is 5.40. The first kappa shape index (κ1) is 11.7. The van der Waals surface area contributed by atoms with Crippen molar-refractivity contribution in [1.29, 1.82) is 0 Å². The Balaban J connectivity index is 1.94. The van der Waals surface area contributed by atoms with E-state index < -0.39 is 0 Å². The van der Waals surface area contributed by atoms with E-state index in [4.69, 9.17) is 0 Å². The van der Waals surface area contributed by atoms with Crippen molar-refractivity contribution in [3.05, 3.63) is 22.7 Å². The van der Waals surface area contributed by atoms with Crippen LogP contribution in [-0.4, -0.2) is 35.2 Å². The van der Waals surface area contributed by atoms with E-state index in [9.17, 15) is 4.79 Å². The average molecular weight is 248 g/mol. The molecule has 98 valence electrons. The van der Waals surface area contributed by atoms with Crippen LogP contribution in [0, 0.1) is 11.8 Å². The van der Waals surface area contributed by atoms with Gasteiger partial charge >= 0.3 is 0 Å². The molecule has 0 amide bonds. The maximum Gasteiger partial charge on any atom is 0.293 e. The lowest BCUT2D eigenvalue weighted by atomic mass is 9.95. The zero-order valence-electron chi connectivity index (χ0n) is 11.0. The van der Waals surface area contributed by atoms with Crippen LogP contribution in [0.3, 0.4) is 0 Å². The van der Waals surface area contributed by atoms with Gasteiger partial charge in [0.25, 0.3) is 5.56 Å². The Kier molecular flexibility index (Phi) is 2.86. The molecule has 2 aliphatic rings. The summed E-state index contributed by atoms with van der Waals surface area (Å²) in [6.07, 6.45) is 3.49. The van der Waals surface area contributed by atoms with Crippen molar-refractivity contribution in [3.63, 3.8) is 0 Å². The standard InChI is InChI=1S/C13H20N4O/c1-3-16-5-4-15-12(13(16)18)17-8-10-6-14-7-11(10)9(17)2/h4-5,9-11,14H,3,6-8H2,1-2H3. The summed E-state index contributed by atoms with van der Waals surface area (Å²) < 4.78 is 1.72. The maximum atomic E-state index is 12.3. The highest BCUT2D eigenvalue weighted by Gasteiger charge is 2.42. The minimum atomic E-state index is 0.0415. The van der Waals surface area contributed by atoms with E-state index in [1.54, 1.807) is 17.0 Å². The molecule has 2 saturated heterocycles. The first-order valence-electron chi connectivity index (χ1n) is 6.75. The predicted octanol–water partition coefficient (Wildman–Crippen LogP) is 0.307. The van der Waals surface area contributed by atoms with Gasteiger partial charge in [-0.3, -0.25) is 4.79 Å². The Labute approximate surface area is 107 Å². The van der Waals surface area contributed by atoms with Crippen molar-refractivity contribution >= 4 is 5.82 Å². The molecule has 3 atom stereocenters. The quantitative estimate of drug-likeness (QED) is 0.818. The first-order valence-corrected chi connectivity index (χ1v) is 6.75. The van der Waals surface area contributed by atoms with Gasteiger partial charge in [-0.25, -0.2) is 4.98 Å². The molecule has 0 bridgehead atoms. The number of nitrogens with zero attached hydrogens (tertiary/aromatic N) is 3. The van der Waals surface area contributed by atoms with E-state index in [1.807, 2.05) is 6.92 Å². The summed E-state index contributed by atoms with van der Waals surface area (Å²) in [7, 11) is 0. The second kappa shape index (κ2) is 4.39. The normalized spacial score (nSPS) is 30.8. The number of nitrogens with one attached hydrogen (secondary N) is 1. The molecule has 2 fully saturated rings. The smallest absolute Gasteiger partial charge is 0.293 e. The zero-order chi connectivity index (χ0) is 12.7. The summed E-state index contributed by atoms with van der Waals surface area (Å²) in [4.78, 5) is 18.8. The van der Waals surface area contributed by atoms with Crippen LogP contribution in [0.15, 0.2) is 17.2 Å². The lowest BCUT2D eigenvalue weighted by Gasteiger charge is -2.25. The molecule has 1 aromatic rings. The van der Waals surface area contributed by atoms with Crippen molar-refractivity contribution in [2.45, 2.75) is 26.4 Å². The molecule has 5 nitrogen and oxygen atoms in total. The number of hydrogen-bond acceptors (Lipinski definition) is 4. The largest absolute Gasteiger partial charge is 0.349 e. The summed E-state index contributed by atoms with van der Waals surface area (Å²) in [5, 5.41) is 3.43. The number of anilines is 1. The molecule has 0 saturated carbocycles. The Morgan fingerprint density at radius 2 is 2.33 bits per heavy atom. The van der Waals surface area contributed by atoms with Gasteiger partial charge in [-0.2, -0.15) is 0 Å². The van der Waals surface area contributed by atoms with E-state index in [-0.39, 0.29) is 5.56 Å². The summed E-state index contributed by atoms with van der Waals surface area (Å²) in [5.74, 6) is 1.94. The fourth-order valence-electron chi connectivity index (χ4n) is 3.33. The van der Waals surface area contributed by atoms with Crippen molar-refractivity contribution in [2.24, 2.45) is 11.8 Å². The second-order valence-corrected chi connectivity index (χ2v) is 5.32. The van der Waals surface area contributed by atoms with Gasteiger partial charge in [0, 0.05) is 44.6 Å². The zero-order valence-corrected chi connectivity index (χ0v) is 11.0. The third kappa shape index (κ3) is 1.65. The molecule has 3 unspecified atom stereocenters. The van der Waals surface area contributed by atoms with Crippen LogP contribution in [0.4, 0.5) is 5.82 Å². The lowest BCUT2D eigenvalue weighted by Crippen LogP contribution is -2.38. The highest BCUT2D eigenvalue weighted by atomic mass is 16.1. The third-order valence-corrected chi connectivity index (χ3v) is 4.44. The Hall–Kier alpha value is -1.36. The summed E-state index contributed by atoms with van der Waals surface area (Å²) in [5.41, 5.74) is 0.0415. The molecule has 0 spiro atoms. The molecule has 0 aromatic carbocycles. The summed E-state index contributed by atoms with van der Waals surface area (Å²) in [6, 6.07) is 0.401. The molecule has 3 heterocycles. The van der Waals surface area contributed by atoms with Gasteiger partial charge in [0.05, 0.1) is 0 Å². The topological polar surface area (TPSA) is 50.2 Å². The maximum absolute atomic E-state index is 12.3. The van der Waals surface area contributed by atoms with Gasteiger partial charge in [0.2, 0.25) is 0 Å². The van der Waals surface area contributed by atoms with Gasteiger partial charge in [-0.15, -0.1) is 0 Å². The Morgan fingerprint density at radius 1 is 1.50 bits per heavy atom. The van der Waals surface area contributed by atoms with E-state index >= 15 is 0 Å². The lowest BCUT2D eigenvalue weighted by molar-refractivity contribution is 0.471. The molecule has 3 rings (SSSR count). The number of rotatable bonds is 2. The van der Waals surface area contributed by atoms with Gasteiger partial charge in [0.1, 0.15) is 0 Å². The van der Waals surface area contributed by atoms with Gasteiger partial charge in [0.15, 0.2) is 5.82 Å². The van der Waals surface area contributed by atoms with Crippen LogP contribution >= 0.6 is 0 Å². The van der Waals surface area contributed by atoms with Crippen LogP contribution in [0.1, 0.15) is 13.8 Å². The molecule has 0 radical (unpaired) electrons. The minimum absolute atomic E-state index is 0.0415. The van der Waals surface area contributed by atoms with Crippen LogP contribution in [-0.2, 0) is 6.54 Å². The van der Waals surface area contributed by atoms with E-state index in [0.717, 1.165) is 19.6 Å². The summed E-state index contributed by atoms with van der Waals surface area (Å²) in [6.45, 7) is 7.98. The van der Waals surface area contributed by atoms with Crippen LogP contribution < -0.4 is 15.8 Å². The fourth-order valence-corrected chi connectivity index (χ4v) is 3.33. The fraction of sp³-hybridized carbons (Fsp3) is 0.692. The predicted molar refractivity (Wildman–Crippen MR) is 70.8 cm³/mol. The van der Waals surface area contributed by atoms with Crippen molar-refractivity contribution in [1.82, 2.24) is 14.9 Å². The van der Waals surface area contributed by atoms with Gasteiger partial charge < -0.3 is 14.8 Å². The van der Waals surface area contributed by atoms with Crippen molar-refractivity contribution < 1.29 is 0 Å². The molecule has 1 aromatic heterocycles. The van der Waals surface area contributed by atoms with Crippen LogP contribution in [0.25, 0.3) is 0 Å². The number of aryl methyl sites for hydroxylation is 1. The molecular weight excluding hydrogens is 228 g/mol. The minimum Gasteiger partial charge on any atom is -0.349 e. The second-order valence-electron chi connectivity index (χ2n) is 5.32. The average Bonchev–Trinajstić information content (AvgIpc) is 2.94. The molecule has 0 aliphatic carbocycles. The number of fused-ring (bicyclic) bond motifs is 1. The monoisotopic (exact) mass is 248 g/mol. The number of hydrogen-bond donors (Lipinski definition) is 1. The van der Waals surface area contributed by atoms with Crippen molar-refractivity contribution in [3.8, 4) is 0 Å². The van der Waals surface area contributed by atoms with E-state index in [0.29, 0.717) is 30.2 Å². The molecule has 5 heteroatoms. The third-order valence-electron chi connectivity index (χ3n) is 4.44. The SMILES string of the molecule is CCn1ccnc(N2CC3CNCC3C2C)c1=O. The van der Waals surface area contributed by atoms with E-state index in [1.165, 1.54) is 0 Å². The molecule has 1 N–H and O–H groups in total. The molecule has 2 aliphatic heterocycles. The summed E-state index contributed by atoms with van der Waals surface area (Å²) >= 11 is 0.